The zero-order valence-electron chi connectivity index (χ0n) is 19.4. The molecule has 8 nitrogen and oxygen atoms in total. The molecule has 1 atom stereocenters. The number of rotatable bonds is 7. The number of hydrogen-bond acceptors (Lipinski definition) is 7. The number of ether oxygens (including phenoxy) is 2. The van der Waals surface area contributed by atoms with Crippen LogP contribution in [0.4, 0.5) is 0 Å². The third kappa shape index (κ3) is 4.05. The summed E-state index contributed by atoms with van der Waals surface area (Å²) in [7, 11) is 3.04. The second kappa shape index (κ2) is 9.39. The van der Waals surface area contributed by atoms with Gasteiger partial charge in [-0.05, 0) is 47.5 Å². The molecule has 0 saturated carbocycles. The number of hydrogen-bond donors (Lipinski definition) is 1. The van der Waals surface area contributed by atoms with E-state index in [1.54, 1.807) is 55.9 Å². The lowest BCUT2D eigenvalue weighted by molar-refractivity contribution is -0.130. The van der Waals surface area contributed by atoms with Crippen molar-refractivity contribution in [2.75, 3.05) is 14.2 Å². The molecule has 1 aliphatic rings. The van der Waals surface area contributed by atoms with Crippen LogP contribution in [-0.4, -0.2) is 40.9 Å². The lowest BCUT2D eigenvalue weighted by Crippen LogP contribution is -2.30. The van der Waals surface area contributed by atoms with Crippen LogP contribution in [0.2, 0.25) is 5.02 Å². The maximum atomic E-state index is 13.7. The Morgan fingerprint density at radius 3 is 2.47 bits per heavy atom. The van der Waals surface area contributed by atoms with Gasteiger partial charge in [0.25, 0.3) is 5.91 Å². The highest BCUT2D eigenvalue weighted by molar-refractivity contribution is 6.31. The summed E-state index contributed by atoms with van der Waals surface area (Å²) in [5, 5.41) is 11.9. The highest BCUT2D eigenvalue weighted by atomic mass is 35.5. The lowest BCUT2D eigenvalue weighted by Gasteiger charge is -2.26. The molecule has 182 valence electrons. The van der Waals surface area contributed by atoms with Crippen molar-refractivity contribution in [3.05, 3.63) is 100 Å². The number of amides is 1. The summed E-state index contributed by atoms with van der Waals surface area (Å²) in [5.41, 5.74) is 1.68. The third-order valence-electron chi connectivity index (χ3n) is 6.07. The fraction of sp³-hybridized carbons (Fsp3) is 0.148. The molecule has 0 bridgehead atoms. The van der Waals surface area contributed by atoms with Crippen LogP contribution in [0, 0.1) is 0 Å². The number of ketones is 1. The fourth-order valence-electron chi connectivity index (χ4n) is 4.35. The minimum absolute atomic E-state index is 0.0507. The highest BCUT2D eigenvalue weighted by Gasteiger charge is 2.44. The summed E-state index contributed by atoms with van der Waals surface area (Å²) >= 11 is 6.16. The number of Topliss-reactive ketones (excluding diaryl/α,β-unsaturated/α-hetero) is 1. The van der Waals surface area contributed by atoms with Gasteiger partial charge in [-0.1, -0.05) is 23.7 Å². The Labute approximate surface area is 211 Å². The van der Waals surface area contributed by atoms with Gasteiger partial charge in [-0.25, -0.2) is 0 Å². The predicted molar refractivity (Wildman–Crippen MR) is 132 cm³/mol. The number of aliphatic hydroxyl groups excluding tert-OH is 1. The topological polar surface area (TPSA) is 102 Å². The molecule has 1 aliphatic heterocycles. The van der Waals surface area contributed by atoms with Crippen LogP contribution < -0.4 is 9.47 Å². The molecule has 1 amide bonds. The van der Waals surface area contributed by atoms with Gasteiger partial charge in [-0.15, -0.1) is 0 Å². The van der Waals surface area contributed by atoms with E-state index in [0.29, 0.717) is 33.1 Å². The first kappa shape index (κ1) is 23.4. The Balaban J connectivity index is 1.57. The SMILES string of the molecule is COc1ccc(CN2C(=O)C(O)=C(C(=O)c3cc4cc(Cl)cc(OC)c4o3)C2c2ccncc2)cc1. The molecule has 5 rings (SSSR count). The number of furan rings is 1. The van der Waals surface area contributed by atoms with Crippen molar-refractivity contribution in [1.29, 1.82) is 0 Å². The van der Waals surface area contributed by atoms with E-state index >= 15 is 0 Å². The Bertz CT molecular complexity index is 1490. The van der Waals surface area contributed by atoms with E-state index in [0.717, 1.165) is 5.56 Å². The van der Waals surface area contributed by atoms with Crippen LogP contribution >= 0.6 is 11.6 Å². The number of carbonyl (C=O) groups is 2. The van der Waals surface area contributed by atoms with Crippen LogP contribution in [0.3, 0.4) is 0 Å². The average molecular weight is 505 g/mol. The summed E-state index contributed by atoms with van der Waals surface area (Å²) in [5.74, 6) is -0.911. The predicted octanol–water partition coefficient (Wildman–Crippen LogP) is 5.28. The van der Waals surface area contributed by atoms with Gasteiger partial charge in [0, 0.05) is 35.4 Å². The number of aromatic nitrogens is 1. The molecule has 0 radical (unpaired) electrons. The van der Waals surface area contributed by atoms with E-state index in [4.69, 9.17) is 25.5 Å². The average Bonchev–Trinajstić information content (AvgIpc) is 3.43. The second-order valence-electron chi connectivity index (χ2n) is 8.19. The summed E-state index contributed by atoms with van der Waals surface area (Å²) in [6.45, 7) is 0.153. The number of nitrogens with zero attached hydrogens (tertiary/aromatic N) is 2. The number of carbonyl (C=O) groups excluding carboxylic acids is 2. The largest absolute Gasteiger partial charge is 0.503 e. The quantitative estimate of drug-likeness (QED) is 0.342. The maximum absolute atomic E-state index is 13.7. The van der Waals surface area contributed by atoms with Crippen LogP contribution in [-0.2, 0) is 11.3 Å². The molecule has 2 aromatic heterocycles. The molecule has 2 aromatic carbocycles. The van der Waals surface area contributed by atoms with E-state index < -0.39 is 23.5 Å². The molecular weight excluding hydrogens is 484 g/mol. The van der Waals surface area contributed by atoms with Crippen molar-refractivity contribution in [2.45, 2.75) is 12.6 Å². The van der Waals surface area contributed by atoms with Crippen molar-refractivity contribution < 1.29 is 28.6 Å². The van der Waals surface area contributed by atoms with Crippen LogP contribution in [0.1, 0.15) is 27.7 Å². The van der Waals surface area contributed by atoms with Crippen molar-refractivity contribution in [3.63, 3.8) is 0 Å². The number of methoxy groups -OCH3 is 2. The van der Waals surface area contributed by atoms with Crippen molar-refractivity contribution >= 4 is 34.3 Å². The van der Waals surface area contributed by atoms with E-state index in [9.17, 15) is 14.7 Å². The van der Waals surface area contributed by atoms with E-state index in [-0.39, 0.29) is 17.9 Å². The Morgan fingerprint density at radius 2 is 1.81 bits per heavy atom. The smallest absolute Gasteiger partial charge is 0.290 e. The normalized spacial score (nSPS) is 15.6. The summed E-state index contributed by atoms with van der Waals surface area (Å²) in [6, 6.07) is 14.5. The standard InChI is InChI=1S/C27H21ClN2O6/c1-34-19-5-3-15(4-6-19)14-30-23(16-7-9-29-10-8-16)22(25(32)27(30)33)24(31)20-12-17-11-18(28)13-21(35-2)26(17)36-20/h3-13,23,32H,14H2,1-2H3. The first-order chi connectivity index (χ1) is 17.4. The van der Waals surface area contributed by atoms with E-state index in [1.165, 1.54) is 18.1 Å². The minimum Gasteiger partial charge on any atom is -0.503 e. The zero-order chi connectivity index (χ0) is 25.4. The molecule has 0 aliphatic carbocycles. The van der Waals surface area contributed by atoms with Gasteiger partial charge in [0.15, 0.2) is 22.9 Å². The molecule has 3 heterocycles. The number of pyridine rings is 1. The number of benzene rings is 2. The van der Waals surface area contributed by atoms with Crippen molar-refractivity contribution in [1.82, 2.24) is 9.88 Å². The van der Waals surface area contributed by atoms with Crippen LogP contribution in [0.25, 0.3) is 11.0 Å². The first-order valence-corrected chi connectivity index (χ1v) is 11.4. The summed E-state index contributed by atoms with van der Waals surface area (Å²) in [6.07, 6.45) is 3.13. The molecule has 0 fully saturated rings. The Hall–Kier alpha value is -4.30. The van der Waals surface area contributed by atoms with Crippen molar-refractivity contribution in [3.8, 4) is 11.5 Å². The molecule has 36 heavy (non-hydrogen) atoms. The van der Waals surface area contributed by atoms with Gasteiger partial charge in [-0.3, -0.25) is 14.6 Å². The Kier molecular flexibility index (Phi) is 6.12. The van der Waals surface area contributed by atoms with Gasteiger partial charge in [0.1, 0.15) is 5.75 Å². The van der Waals surface area contributed by atoms with E-state index in [1.807, 2.05) is 12.1 Å². The second-order valence-corrected chi connectivity index (χ2v) is 8.63. The van der Waals surface area contributed by atoms with Gasteiger partial charge < -0.3 is 23.9 Å². The van der Waals surface area contributed by atoms with Gasteiger partial charge in [0.05, 0.1) is 25.8 Å². The Morgan fingerprint density at radius 1 is 1.08 bits per heavy atom. The molecule has 4 aromatic rings. The van der Waals surface area contributed by atoms with E-state index in [2.05, 4.69) is 4.98 Å². The molecule has 0 spiro atoms. The molecular formula is C27H21ClN2O6. The van der Waals surface area contributed by atoms with Gasteiger partial charge >= 0.3 is 0 Å². The van der Waals surface area contributed by atoms with Crippen molar-refractivity contribution in [2.24, 2.45) is 0 Å². The highest BCUT2D eigenvalue weighted by Crippen LogP contribution is 2.41. The van der Waals surface area contributed by atoms with Gasteiger partial charge in [-0.2, -0.15) is 0 Å². The maximum Gasteiger partial charge on any atom is 0.290 e. The minimum atomic E-state index is -0.853. The zero-order valence-corrected chi connectivity index (χ0v) is 20.2. The van der Waals surface area contributed by atoms with Crippen LogP contribution in [0.5, 0.6) is 11.5 Å². The summed E-state index contributed by atoms with van der Waals surface area (Å²) in [4.78, 5) is 32.4. The number of fused-ring (bicyclic) bond motifs is 1. The number of aliphatic hydroxyl groups is 1. The molecule has 9 heteroatoms. The fourth-order valence-corrected chi connectivity index (χ4v) is 4.57. The molecule has 0 saturated heterocycles. The molecule has 1 unspecified atom stereocenters. The lowest BCUT2D eigenvalue weighted by atomic mass is 9.95. The number of halogens is 1. The monoisotopic (exact) mass is 504 g/mol. The molecule has 1 N–H and O–H groups in total. The summed E-state index contributed by atoms with van der Waals surface area (Å²) < 4.78 is 16.4. The van der Waals surface area contributed by atoms with Crippen LogP contribution in [0.15, 0.2) is 82.7 Å². The van der Waals surface area contributed by atoms with Gasteiger partial charge in [0.2, 0.25) is 5.78 Å². The first-order valence-electron chi connectivity index (χ1n) is 11.0. The third-order valence-corrected chi connectivity index (χ3v) is 6.29.